The van der Waals surface area contributed by atoms with E-state index in [1.807, 2.05) is 79.7 Å². The molecule has 5 rings (SSSR count). The first-order valence-electron chi connectivity index (χ1n) is 11.9. The van der Waals surface area contributed by atoms with E-state index in [-0.39, 0.29) is 18.9 Å². The second-order valence-electron chi connectivity index (χ2n) is 8.93. The summed E-state index contributed by atoms with van der Waals surface area (Å²) in [7, 11) is 0. The molecule has 0 saturated carbocycles. The third-order valence-electron chi connectivity index (χ3n) is 6.62. The zero-order valence-corrected chi connectivity index (χ0v) is 19.8. The number of alkyl carbamates (subject to hydrolysis) is 1. The fraction of sp³-hybridized carbons (Fsp3) is 0.167. The van der Waals surface area contributed by atoms with E-state index in [9.17, 15) is 14.7 Å². The number of carboxylic acid groups (broad SMARTS) is 1. The highest BCUT2D eigenvalue weighted by Gasteiger charge is 2.29. The number of aromatic nitrogens is 1. The molecule has 4 aromatic rings. The minimum absolute atomic E-state index is 0.0929. The van der Waals surface area contributed by atoms with E-state index in [4.69, 9.17) is 4.74 Å². The van der Waals surface area contributed by atoms with Gasteiger partial charge in [-0.2, -0.15) is 0 Å². The summed E-state index contributed by atoms with van der Waals surface area (Å²) in [5.41, 5.74) is 8.11. The van der Waals surface area contributed by atoms with Crippen LogP contribution in [0.4, 0.5) is 4.79 Å². The van der Waals surface area contributed by atoms with E-state index >= 15 is 0 Å². The standard InChI is InChI=1S/C30H26N2O4/c1-19-8-2-3-9-21(19)27-15-14-20(17-31-27)16-28(29(33)34)32-30(35)36-18-26-24-12-6-4-10-22(24)23-11-5-7-13-25(23)26/h2-15,17,26,28H,16,18H2,1H3,(H,32,35)(H,33,34)/t28-/m0/s1. The molecular formula is C30H26N2O4. The number of carboxylic acids is 1. The van der Waals surface area contributed by atoms with Crippen molar-refractivity contribution in [2.75, 3.05) is 6.61 Å². The number of amides is 1. The predicted octanol–water partition coefficient (Wildman–Crippen LogP) is 5.59. The molecule has 0 saturated heterocycles. The van der Waals surface area contributed by atoms with Crippen molar-refractivity contribution in [2.24, 2.45) is 0 Å². The van der Waals surface area contributed by atoms with Gasteiger partial charge in [0, 0.05) is 24.1 Å². The van der Waals surface area contributed by atoms with Gasteiger partial charge in [-0.3, -0.25) is 4.98 Å². The van der Waals surface area contributed by atoms with E-state index in [0.717, 1.165) is 39.1 Å². The van der Waals surface area contributed by atoms with Gasteiger partial charge in [-0.25, -0.2) is 9.59 Å². The maximum atomic E-state index is 12.6. The molecule has 0 aliphatic heterocycles. The van der Waals surface area contributed by atoms with Crippen molar-refractivity contribution in [1.29, 1.82) is 0 Å². The lowest BCUT2D eigenvalue weighted by Gasteiger charge is -2.17. The van der Waals surface area contributed by atoms with Gasteiger partial charge < -0.3 is 15.2 Å². The van der Waals surface area contributed by atoms with Gasteiger partial charge in [0.1, 0.15) is 12.6 Å². The third-order valence-corrected chi connectivity index (χ3v) is 6.62. The summed E-state index contributed by atoms with van der Waals surface area (Å²) < 4.78 is 5.52. The second-order valence-corrected chi connectivity index (χ2v) is 8.93. The first-order chi connectivity index (χ1) is 17.5. The number of rotatable bonds is 7. The van der Waals surface area contributed by atoms with E-state index < -0.39 is 18.1 Å². The zero-order valence-electron chi connectivity index (χ0n) is 19.8. The Hall–Kier alpha value is -4.45. The number of fused-ring (bicyclic) bond motifs is 3. The van der Waals surface area contributed by atoms with Crippen molar-refractivity contribution in [3.63, 3.8) is 0 Å². The highest BCUT2D eigenvalue weighted by molar-refractivity contribution is 5.81. The average Bonchev–Trinajstić information content (AvgIpc) is 3.21. The van der Waals surface area contributed by atoms with Gasteiger partial charge in [0.05, 0.1) is 5.69 Å². The van der Waals surface area contributed by atoms with Gasteiger partial charge in [-0.05, 0) is 46.4 Å². The fourth-order valence-corrected chi connectivity index (χ4v) is 4.78. The van der Waals surface area contributed by atoms with Crippen LogP contribution in [0.1, 0.15) is 28.2 Å². The molecule has 1 aliphatic carbocycles. The quantitative estimate of drug-likeness (QED) is 0.361. The molecule has 0 bridgehead atoms. The van der Waals surface area contributed by atoms with E-state index in [2.05, 4.69) is 22.4 Å². The Morgan fingerprint density at radius 1 is 0.889 bits per heavy atom. The number of nitrogens with zero attached hydrogens (tertiary/aromatic N) is 1. The average molecular weight is 479 g/mol. The van der Waals surface area contributed by atoms with Crippen molar-refractivity contribution in [3.8, 4) is 22.4 Å². The van der Waals surface area contributed by atoms with Crippen LogP contribution >= 0.6 is 0 Å². The third kappa shape index (κ3) is 4.70. The normalized spacial score (nSPS) is 12.9. The van der Waals surface area contributed by atoms with Crippen molar-refractivity contribution >= 4 is 12.1 Å². The number of aliphatic carboxylic acids is 1. The Morgan fingerprint density at radius 3 is 2.08 bits per heavy atom. The number of hydrogen-bond acceptors (Lipinski definition) is 4. The maximum absolute atomic E-state index is 12.6. The first-order valence-corrected chi connectivity index (χ1v) is 11.9. The molecule has 2 N–H and O–H groups in total. The Kier molecular flexibility index (Phi) is 6.50. The lowest BCUT2D eigenvalue weighted by molar-refractivity contribution is -0.139. The molecule has 36 heavy (non-hydrogen) atoms. The topological polar surface area (TPSA) is 88.5 Å². The van der Waals surface area contributed by atoms with E-state index in [1.54, 1.807) is 6.20 Å². The van der Waals surface area contributed by atoms with Crippen LogP contribution in [-0.4, -0.2) is 34.8 Å². The zero-order chi connectivity index (χ0) is 25.1. The van der Waals surface area contributed by atoms with Crippen LogP contribution in [0.3, 0.4) is 0 Å². The smallest absolute Gasteiger partial charge is 0.407 e. The van der Waals surface area contributed by atoms with Crippen LogP contribution in [-0.2, 0) is 16.0 Å². The summed E-state index contributed by atoms with van der Waals surface area (Å²) in [5.74, 6) is -1.23. The SMILES string of the molecule is Cc1ccccc1-c1ccc(C[C@H](NC(=O)OCC2c3ccccc3-c3ccccc32)C(=O)O)cn1. The molecule has 0 fully saturated rings. The minimum atomic E-state index is -1.13. The molecule has 1 atom stereocenters. The summed E-state index contributed by atoms with van der Waals surface area (Å²) in [6.45, 7) is 2.14. The lowest BCUT2D eigenvalue weighted by atomic mass is 9.98. The molecule has 3 aromatic carbocycles. The van der Waals surface area contributed by atoms with Gasteiger partial charge in [0.25, 0.3) is 0 Å². The number of pyridine rings is 1. The lowest BCUT2D eigenvalue weighted by Crippen LogP contribution is -2.42. The summed E-state index contributed by atoms with van der Waals surface area (Å²) in [6.07, 6.45) is 0.992. The summed E-state index contributed by atoms with van der Waals surface area (Å²) in [5, 5.41) is 12.2. The van der Waals surface area contributed by atoms with Gasteiger partial charge >= 0.3 is 12.1 Å². The van der Waals surface area contributed by atoms with Gasteiger partial charge in [-0.15, -0.1) is 0 Å². The molecular weight excluding hydrogens is 452 g/mol. The molecule has 1 heterocycles. The van der Waals surface area contributed by atoms with Gasteiger partial charge in [0.2, 0.25) is 0 Å². The fourth-order valence-electron chi connectivity index (χ4n) is 4.78. The Morgan fingerprint density at radius 2 is 1.50 bits per heavy atom. The molecule has 0 spiro atoms. The minimum Gasteiger partial charge on any atom is -0.480 e. The maximum Gasteiger partial charge on any atom is 0.407 e. The van der Waals surface area contributed by atoms with Crippen LogP contribution in [0.2, 0.25) is 0 Å². The van der Waals surface area contributed by atoms with Crippen LogP contribution < -0.4 is 5.32 Å². The largest absolute Gasteiger partial charge is 0.480 e. The molecule has 0 radical (unpaired) electrons. The van der Waals surface area contributed by atoms with Crippen molar-refractivity contribution < 1.29 is 19.4 Å². The molecule has 1 aromatic heterocycles. The Balaban J connectivity index is 1.23. The van der Waals surface area contributed by atoms with Gasteiger partial charge in [0.15, 0.2) is 0 Å². The molecule has 6 heteroatoms. The Labute approximate surface area is 209 Å². The van der Waals surface area contributed by atoms with Crippen LogP contribution in [0.5, 0.6) is 0 Å². The van der Waals surface area contributed by atoms with Crippen LogP contribution in [0.25, 0.3) is 22.4 Å². The monoisotopic (exact) mass is 478 g/mol. The number of hydrogen-bond donors (Lipinski definition) is 2. The number of carbonyl (C=O) groups excluding carboxylic acids is 1. The van der Waals surface area contributed by atoms with Crippen molar-refractivity contribution in [2.45, 2.75) is 25.3 Å². The second kappa shape index (κ2) is 10.0. The van der Waals surface area contributed by atoms with E-state index in [1.165, 1.54) is 0 Å². The highest BCUT2D eigenvalue weighted by Crippen LogP contribution is 2.44. The molecule has 180 valence electrons. The number of nitrogens with one attached hydrogen (secondary N) is 1. The van der Waals surface area contributed by atoms with Crippen molar-refractivity contribution in [1.82, 2.24) is 10.3 Å². The van der Waals surface area contributed by atoms with Gasteiger partial charge in [-0.1, -0.05) is 78.9 Å². The summed E-state index contributed by atoms with van der Waals surface area (Å²) in [6, 6.07) is 26.6. The van der Waals surface area contributed by atoms with Crippen molar-refractivity contribution in [3.05, 3.63) is 113 Å². The first kappa shape index (κ1) is 23.3. The van der Waals surface area contributed by atoms with Crippen LogP contribution in [0.15, 0.2) is 91.1 Å². The van der Waals surface area contributed by atoms with Crippen LogP contribution in [0, 0.1) is 6.92 Å². The number of aryl methyl sites for hydroxylation is 1. The predicted molar refractivity (Wildman–Crippen MR) is 138 cm³/mol. The number of carbonyl (C=O) groups is 2. The molecule has 6 nitrogen and oxygen atoms in total. The molecule has 1 aliphatic rings. The Bertz CT molecular complexity index is 1370. The number of benzene rings is 3. The van der Waals surface area contributed by atoms with E-state index in [0.29, 0.717) is 5.56 Å². The summed E-state index contributed by atoms with van der Waals surface area (Å²) in [4.78, 5) is 29.0. The molecule has 1 amide bonds. The molecule has 0 unspecified atom stereocenters. The highest BCUT2D eigenvalue weighted by atomic mass is 16.5. The number of ether oxygens (including phenoxy) is 1. The summed E-state index contributed by atoms with van der Waals surface area (Å²) >= 11 is 0.